The van der Waals surface area contributed by atoms with E-state index in [0.717, 1.165) is 12.1 Å². The Hall–Kier alpha value is -0.890. The molecule has 0 fully saturated rings. The minimum absolute atomic E-state index is 0.129. The summed E-state index contributed by atoms with van der Waals surface area (Å²) < 4.78 is 63.8. The number of nitrogens with zero attached hydrogens (tertiary/aromatic N) is 1. The van der Waals surface area contributed by atoms with Crippen LogP contribution in [0.25, 0.3) is 0 Å². The van der Waals surface area contributed by atoms with Crippen molar-refractivity contribution in [3.05, 3.63) is 33.8 Å². The largest absolute Gasteiger partial charge is 0.417 e. The second-order valence-corrected chi connectivity index (χ2v) is 5.31. The van der Waals surface area contributed by atoms with Crippen molar-refractivity contribution in [1.82, 2.24) is 4.90 Å². The fourth-order valence-electron chi connectivity index (χ4n) is 1.65. The van der Waals surface area contributed by atoms with Crippen molar-refractivity contribution in [2.24, 2.45) is 0 Å². The minimum Gasteiger partial charge on any atom is -0.332 e. The highest BCUT2D eigenvalue weighted by molar-refractivity contribution is 9.10. The van der Waals surface area contributed by atoms with E-state index in [-0.39, 0.29) is 16.9 Å². The molecule has 0 bridgehead atoms. The summed E-state index contributed by atoms with van der Waals surface area (Å²) in [6.07, 6.45) is -7.63. The Bertz CT molecular complexity index is 509. The number of alkyl halides is 6. The predicted molar refractivity (Wildman–Crippen MR) is 71.8 cm³/mol. The van der Waals surface area contributed by atoms with Crippen molar-refractivity contribution in [1.29, 1.82) is 0 Å². The van der Waals surface area contributed by atoms with E-state index in [9.17, 15) is 26.7 Å². The molecule has 1 aromatic rings. The van der Waals surface area contributed by atoms with Crippen LogP contribution in [0.4, 0.5) is 22.0 Å². The lowest BCUT2D eigenvalue weighted by Crippen LogP contribution is -2.37. The lowest BCUT2D eigenvalue weighted by Gasteiger charge is -2.23. The Labute approximate surface area is 131 Å². The zero-order chi connectivity index (χ0) is 16.2. The van der Waals surface area contributed by atoms with E-state index in [1.165, 1.54) is 6.07 Å². The zero-order valence-electron chi connectivity index (χ0n) is 10.4. The van der Waals surface area contributed by atoms with Crippen molar-refractivity contribution in [2.45, 2.75) is 12.6 Å². The summed E-state index contributed by atoms with van der Waals surface area (Å²) in [6, 6.07) is 2.92. The van der Waals surface area contributed by atoms with Gasteiger partial charge in [-0.3, -0.25) is 4.79 Å². The summed E-state index contributed by atoms with van der Waals surface area (Å²) in [5, 5.41) is 0. The van der Waals surface area contributed by atoms with Gasteiger partial charge in [-0.1, -0.05) is 15.9 Å². The van der Waals surface area contributed by atoms with Crippen LogP contribution in [-0.4, -0.2) is 36.2 Å². The highest BCUT2D eigenvalue weighted by Crippen LogP contribution is 2.34. The van der Waals surface area contributed by atoms with E-state index >= 15 is 0 Å². The molecular formula is C12H10BrClF5NO. The van der Waals surface area contributed by atoms with Crippen LogP contribution in [0.5, 0.6) is 0 Å². The number of hydrogen-bond acceptors (Lipinski definition) is 1. The summed E-state index contributed by atoms with van der Waals surface area (Å²) in [7, 11) is 0. The van der Waals surface area contributed by atoms with Crippen LogP contribution in [-0.2, 0) is 6.18 Å². The van der Waals surface area contributed by atoms with E-state index in [2.05, 4.69) is 15.9 Å². The van der Waals surface area contributed by atoms with Gasteiger partial charge in [-0.25, -0.2) is 8.78 Å². The maximum Gasteiger partial charge on any atom is 0.417 e. The van der Waals surface area contributed by atoms with Crippen LogP contribution in [0.3, 0.4) is 0 Å². The van der Waals surface area contributed by atoms with Gasteiger partial charge < -0.3 is 4.90 Å². The molecule has 0 radical (unpaired) electrons. The quantitative estimate of drug-likeness (QED) is 0.535. The smallest absolute Gasteiger partial charge is 0.332 e. The molecular weight excluding hydrogens is 384 g/mol. The van der Waals surface area contributed by atoms with Gasteiger partial charge in [-0.05, 0) is 18.2 Å². The minimum atomic E-state index is -4.77. The van der Waals surface area contributed by atoms with E-state index in [1.807, 2.05) is 0 Å². The average Bonchev–Trinajstić information content (AvgIpc) is 2.36. The molecule has 21 heavy (non-hydrogen) atoms. The zero-order valence-corrected chi connectivity index (χ0v) is 12.8. The topological polar surface area (TPSA) is 20.3 Å². The van der Waals surface area contributed by atoms with Crippen molar-refractivity contribution in [3.63, 3.8) is 0 Å². The fourth-order valence-corrected chi connectivity index (χ4v) is 2.22. The van der Waals surface area contributed by atoms with Gasteiger partial charge in [0, 0.05) is 16.9 Å². The van der Waals surface area contributed by atoms with Crippen LogP contribution < -0.4 is 0 Å². The second kappa shape index (κ2) is 7.40. The van der Waals surface area contributed by atoms with Gasteiger partial charge in [0.05, 0.1) is 17.7 Å². The monoisotopic (exact) mass is 393 g/mol. The molecule has 1 aromatic carbocycles. The van der Waals surface area contributed by atoms with Gasteiger partial charge in [0.25, 0.3) is 12.3 Å². The molecule has 118 valence electrons. The molecule has 0 unspecified atom stereocenters. The Morgan fingerprint density at radius 2 is 1.95 bits per heavy atom. The van der Waals surface area contributed by atoms with Gasteiger partial charge in [0.15, 0.2) is 0 Å². The third kappa shape index (κ3) is 5.10. The molecule has 0 aliphatic rings. The third-order valence-corrected chi connectivity index (χ3v) is 3.18. The number of benzene rings is 1. The molecule has 0 heterocycles. The standard InChI is InChI=1S/C12H10BrClF5NO/c13-7-1-2-8(9(5-7)12(17,18)19)11(21)20(4-3-14)6-10(15)16/h1-2,5,10H,3-4,6H2. The van der Waals surface area contributed by atoms with Crippen molar-refractivity contribution in [3.8, 4) is 0 Å². The normalized spacial score (nSPS) is 11.8. The van der Waals surface area contributed by atoms with Crippen LogP contribution >= 0.6 is 27.5 Å². The SMILES string of the molecule is O=C(c1ccc(Br)cc1C(F)(F)F)N(CCCl)CC(F)F. The molecule has 0 N–H and O–H groups in total. The van der Waals surface area contributed by atoms with Gasteiger partial charge in [0.1, 0.15) is 0 Å². The molecule has 9 heteroatoms. The summed E-state index contributed by atoms with van der Waals surface area (Å²) in [4.78, 5) is 12.7. The maximum atomic E-state index is 12.9. The van der Waals surface area contributed by atoms with E-state index < -0.39 is 36.2 Å². The number of carbonyl (C=O) groups excluding carboxylic acids is 1. The lowest BCUT2D eigenvalue weighted by atomic mass is 10.1. The van der Waals surface area contributed by atoms with E-state index in [4.69, 9.17) is 11.6 Å². The Balaban J connectivity index is 3.21. The van der Waals surface area contributed by atoms with Crippen molar-refractivity contribution in [2.75, 3.05) is 19.0 Å². The van der Waals surface area contributed by atoms with Crippen LogP contribution in [0.1, 0.15) is 15.9 Å². The number of rotatable bonds is 5. The summed E-state index contributed by atoms with van der Waals surface area (Å²) in [5.74, 6) is -1.29. The Morgan fingerprint density at radius 3 is 2.43 bits per heavy atom. The summed E-state index contributed by atoms with van der Waals surface area (Å²) in [6.45, 7) is -1.24. The van der Waals surface area contributed by atoms with Gasteiger partial charge in [0.2, 0.25) is 0 Å². The third-order valence-electron chi connectivity index (χ3n) is 2.52. The van der Waals surface area contributed by atoms with E-state index in [1.54, 1.807) is 0 Å². The molecule has 0 saturated heterocycles. The predicted octanol–water partition coefficient (Wildman–Crippen LogP) is 4.41. The number of hydrogen-bond donors (Lipinski definition) is 0. The molecule has 0 aliphatic carbocycles. The number of halogens is 7. The molecule has 2 nitrogen and oxygen atoms in total. The second-order valence-electron chi connectivity index (χ2n) is 4.02. The number of amides is 1. The van der Waals surface area contributed by atoms with Crippen LogP contribution in [0.15, 0.2) is 22.7 Å². The molecule has 0 aliphatic heterocycles. The highest BCUT2D eigenvalue weighted by atomic mass is 79.9. The molecule has 0 spiro atoms. The fraction of sp³-hybridized carbons (Fsp3) is 0.417. The van der Waals surface area contributed by atoms with Crippen LogP contribution in [0, 0.1) is 0 Å². The van der Waals surface area contributed by atoms with Gasteiger partial charge in [-0.2, -0.15) is 13.2 Å². The first-order chi connectivity index (χ1) is 9.66. The van der Waals surface area contributed by atoms with Crippen molar-refractivity contribution >= 4 is 33.4 Å². The first-order valence-corrected chi connectivity index (χ1v) is 6.99. The Kier molecular flexibility index (Phi) is 6.40. The van der Waals surface area contributed by atoms with Gasteiger partial charge in [-0.15, -0.1) is 11.6 Å². The summed E-state index contributed by atoms with van der Waals surface area (Å²) in [5.41, 5.74) is -1.87. The average molecular weight is 395 g/mol. The van der Waals surface area contributed by atoms with Gasteiger partial charge >= 0.3 is 6.18 Å². The molecule has 0 saturated carbocycles. The summed E-state index contributed by atoms with van der Waals surface area (Å²) >= 11 is 8.28. The first-order valence-electron chi connectivity index (χ1n) is 5.67. The van der Waals surface area contributed by atoms with Crippen LogP contribution in [0.2, 0.25) is 0 Å². The molecule has 1 amide bonds. The Morgan fingerprint density at radius 1 is 1.33 bits per heavy atom. The van der Waals surface area contributed by atoms with E-state index in [0.29, 0.717) is 4.90 Å². The highest BCUT2D eigenvalue weighted by Gasteiger charge is 2.36. The first kappa shape index (κ1) is 18.2. The molecule has 0 aromatic heterocycles. The molecule has 0 atom stereocenters. The number of carbonyl (C=O) groups is 1. The lowest BCUT2D eigenvalue weighted by molar-refractivity contribution is -0.138. The molecule has 1 rings (SSSR count). The maximum absolute atomic E-state index is 12.9. The van der Waals surface area contributed by atoms with Crippen molar-refractivity contribution < 1.29 is 26.7 Å².